The molecule has 0 saturated heterocycles. The van der Waals surface area contributed by atoms with Crippen molar-refractivity contribution < 1.29 is 33.2 Å². The summed E-state index contributed by atoms with van der Waals surface area (Å²) in [6.07, 6.45) is 4.21. The number of rotatable bonds is 8. The van der Waals surface area contributed by atoms with Crippen LogP contribution < -0.4 is 14.2 Å². The number of hydrogen-bond acceptors (Lipinski definition) is 7. The Balaban J connectivity index is 1.35. The predicted octanol–water partition coefficient (Wildman–Crippen LogP) is 6.38. The first-order chi connectivity index (χ1) is 19.1. The van der Waals surface area contributed by atoms with Gasteiger partial charge >= 0.3 is 5.97 Å². The molecule has 3 aromatic carbocycles. The van der Waals surface area contributed by atoms with Crippen molar-refractivity contribution in [2.45, 2.75) is 50.7 Å². The minimum Gasteiger partial charge on any atom is -0.492 e. The molecule has 40 heavy (non-hydrogen) atoms. The van der Waals surface area contributed by atoms with Crippen LogP contribution in [0.4, 0.5) is 4.39 Å². The number of carbonyl (C=O) groups is 1. The molecule has 8 heteroatoms. The van der Waals surface area contributed by atoms with E-state index in [1.165, 1.54) is 13.2 Å². The molecular weight excluding hydrogens is 513 g/mol. The van der Waals surface area contributed by atoms with Crippen molar-refractivity contribution in [3.05, 3.63) is 88.2 Å². The molecule has 0 saturated carbocycles. The third kappa shape index (κ3) is 5.80. The fraction of sp³-hybridized carbons (Fsp3) is 0.312. The molecule has 0 amide bonds. The second kappa shape index (κ2) is 11.0. The normalized spacial score (nSPS) is 17.6. The van der Waals surface area contributed by atoms with E-state index in [1.54, 1.807) is 62.4 Å². The Bertz CT molecular complexity index is 1520. The van der Waals surface area contributed by atoms with E-state index >= 15 is 4.39 Å². The SMILES string of the molecule is COC(=O)CC1COc2cc(OC3CCc4c(Oc5ccc(C=CC(C)(C)O)cc5C#N)ccc(F)c43)ccc21. The molecule has 0 radical (unpaired) electrons. The van der Waals surface area contributed by atoms with Gasteiger partial charge in [-0.3, -0.25) is 4.79 Å². The summed E-state index contributed by atoms with van der Waals surface area (Å²) in [5, 5.41) is 19.6. The molecule has 2 aliphatic rings. The first-order valence-electron chi connectivity index (χ1n) is 13.1. The fourth-order valence-electron chi connectivity index (χ4n) is 5.05. The lowest BCUT2D eigenvalue weighted by molar-refractivity contribution is -0.141. The summed E-state index contributed by atoms with van der Waals surface area (Å²) in [5.41, 5.74) is 2.15. The zero-order valence-electron chi connectivity index (χ0n) is 22.6. The van der Waals surface area contributed by atoms with Gasteiger partial charge in [-0.25, -0.2) is 4.39 Å². The first-order valence-corrected chi connectivity index (χ1v) is 13.1. The van der Waals surface area contributed by atoms with Crippen molar-refractivity contribution in [3.8, 4) is 29.1 Å². The van der Waals surface area contributed by atoms with E-state index in [0.717, 1.165) is 11.1 Å². The highest BCUT2D eigenvalue weighted by Crippen LogP contribution is 2.44. The lowest BCUT2D eigenvalue weighted by Gasteiger charge is -2.17. The Hall–Kier alpha value is -4.35. The molecule has 2 unspecified atom stereocenters. The third-order valence-corrected chi connectivity index (χ3v) is 7.05. The quantitative estimate of drug-likeness (QED) is 0.329. The molecule has 1 aliphatic carbocycles. The van der Waals surface area contributed by atoms with Gasteiger partial charge in [-0.1, -0.05) is 24.3 Å². The molecule has 0 bridgehead atoms. The van der Waals surface area contributed by atoms with Crippen LogP contribution in [0, 0.1) is 17.1 Å². The van der Waals surface area contributed by atoms with E-state index in [9.17, 15) is 15.2 Å². The van der Waals surface area contributed by atoms with Crippen molar-refractivity contribution >= 4 is 12.0 Å². The lowest BCUT2D eigenvalue weighted by Crippen LogP contribution is -2.13. The number of aliphatic hydroxyl groups is 1. The fourth-order valence-corrected chi connectivity index (χ4v) is 5.05. The number of fused-ring (bicyclic) bond motifs is 2. The number of carbonyl (C=O) groups excluding carboxylic acids is 1. The van der Waals surface area contributed by atoms with Gasteiger partial charge in [-0.15, -0.1) is 0 Å². The highest BCUT2D eigenvalue weighted by molar-refractivity contribution is 5.71. The molecule has 1 aliphatic heterocycles. The van der Waals surface area contributed by atoms with Gasteiger partial charge in [0.05, 0.1) is 31.3 Å². The van der Waals surface area contributed by atoms with Gasteiger partial charge in [-0.05, 0) is 62.6 Å². The largest absolute Gasteiger partial charge is 0.492 e. The Kier molecular flexibility index (Phi) is 7.51. The van der Waals surface area contributed by atoms with Crippen LogP contribution in [0.2, 0.25) is 0 Å². The van der Waals surface area contributed by atoms with E-state index in [-0.39, 0.29) is 24.1 Å². The zero-order chi connectivity index (χ0) is 28.4. The van der Waals surface area contributed by atoms with Gasteiger partial charge in [0.25, 0.3) is 0 Å². The molecule has 1 N–H and O–H groups in total. The number of hydrogen-bond donors (Lipinski definition) is 1. The van der Waals surface area contributed by atoms with Gasteiger partial charge in [0, 0.05) is 28.7 Å². The molecule has 1 heterocycles. The molecule has 5 rings (SSSR count). The molecule has 0 spiro atoms. The highest BCUT2D eigenvalue weighted by Gasteiger charge is 2.32. The first kappa shape index (κ1) is 27.2. The van der Waals surface area contributed by atoms with Crippen LogP contribution in [0.1, 0.15) is 66.5 Å². The summed E-state index contributed by atoms with van der Waals surface area (Å²) >= 11 is 0. The van der Waals surface area contributed by atoms with Crippen LogP contribution in [-0.4, -0.2) is 30.4 Å². The minimum absolute atomic E-state index is 0.0780. The van der Waals surface area contributed by atoms with Crippen molar-refractivity contribution in [2.75, 3.05) is 13.7 Å². The molecule has 2 atom stereocenters. The van der Waals surface area contributed by atoms with E-state index in [4.69, 9.17) is 18.9 Å². The summed E-state index contributed by atoms with van der Waals surface area (Å²) in [4.78, 5) is 11.7. The minimum atomic E-state index is -0.977. The summed E-state index contributed by atoms with van der Waals surface area (Å²) in [5.74, 6) is 1.27. The number of nitriles is 1. The maximum absolute atomic E-state index is 15.1. The van der Waals surface area contributed by atoms with E-state index in [0.29, 0.717) is 59.1 Å². The van der Waals surface area contributed by atoms with Gasteiger partial charge < -0.3 is 24.1 Å². The molecule has 0 fully saturated rings. The van der Waals surface area contributed by atoms with Crippen LogP contribution in [-0.2, 0) is 16.0 Å². The van der Waals surface area contributed by atoms with Crippen LogP contribution in [0.25, 0.3) is 6.08 Å². The lowest BCUT2D eigenvalue weighted by atomic mass is 9.98. The number of benzene rings is 3. The smallest absolute Gasteiger partial charge is 0.306 e. The van der Waals surface area contributed by atoms with Crippen LogP contribution in [0.5, 0.6) is 23.0 Å². The average Bonchev–Trinajstić information content (AvgIpc) is 3.53. The standard InChI is InChI=1S/C32H30FNO6/c1-32(2,36)13-12-19-4-9-26(20(14-19)17-34)40-27-11-8-25(33)31-24(27)7-10-28(31)39-22-5-6-23-21(15-30(35)37-3)18-38-29(23)16-22/h4-6,8-9,11-14,16,21,28,36H,7,10,15,18H2,1-3H3. The summed E-state index contributed by atoms with van der Waals surface area (Å²) in [7, 11) is 1.36. The van der Waals surface area contributed by atoms with Crippen molar-refractivity contribution in [1.82, 2.24) is 0 Å². The molecule has 0 aromatic heterocycles. The summed E-state index contributed by atoms with van der Waals surface area (Å²) in [6.45, 7) is 3.72. The molecular formula is C32H30FNO6. The Morgan fingerprint density at radius 2 is 2.00 bits per heavy atom. The Morgan fingerprint density at radius 1 is 1.20 bits per heavy atom. The van der Waals surface area contributed by atoms with Gasteiger partial charge in [0.2, 0.25) is 0 Å². The topological polar surface area (TPSA) is 98.0 Å². The number of esters is 1. The number of ether oxygens (including phenoxy) is 4. The van der Waals surface area contributed by atoms with E-state index in [2.05, 4.69) is 6.07 Å². The van der Waals surface area contributed by atoms with E-state index < -0.39 is 11.7 Å². The van der Waals surface area contributed by atoms with Crippen LogP contribution in [0.3, 0.4) is 0 Å². The number of nitrogens with zero attached hydrogens (tertiary/aromatic N) is 1. The highest BCUT2D eigenvalue weighted by atomic mass is 19.1. The second-order valence-electron chi connectivity index (χ2n) is 10.5. The maximum Gasteiger partial charge on any atom is 0.306 e. The van der Waals surface area contributed by atoms with Crippen molar-refractivity contribution in [1.29, 1.82) is 5.26 Å². The van der Waals surface area contributed by atoms with Crippen molar-refractivity contribution in [3.63, 3.8) is 0 Å². The number of methoxy groups -OCH3 is 1. The molecule has 3 aromatic rings. The number of halogens is 1. The van der Waals surface area contributed by atoms with Gasteiger partial charge in [0.1, 0.15) is 41.0 Å². The monoisotopic (exact) mass is 543 g/mol. The third-order valence-electron chi connectivity index (χ3n) is 7.05. The summed E-state index contributed by atoms with van der Waals surface area (Å²) in [6, 6.07) is 15.7. The zero-order valence-corrected chi connectivity index (χ0v) is 22.6. The van der Waals surface area contributed by atoms with Crippen molar-refractivity contribution in [2.24, 2.45) is 0 Å². The average molecular weight is 544 g/mol. The maximum atomic E-state index is 15.1. The molecule has 206 valence electrons. The van der Waals surface area contributed by atoms with E-state index in [1.807, 2.05) is 6.07 Å². The Labute approximate surface area is 232 Å². The predicted molar refractivity (Wildman–Crippen MR) is 146 cm³/mol. The van der Waals surface area contributed by atoms with Gasteiger partial charge in [0.15, 0.2) is 0 Å². The van der Waals surface area contributed by atoms with Crippen LogP contribution in [0.15, 0.2) is 54.6 Å². The summed E-state index contributed by atoms with van der Waals surface area (Å²) < 4.78 is 38.0. The Morgan fingerprint density at radius 3 is 2.75 bits per heavy atom. The second-order valence-corrected chi connectivity index (χ2v) is 10.5. The van der Waals surface area contributed by atoms with Gasteiger partial charge in [-0.2, -0.15) is 5.26 Å². The van der Waals surface area contributed by atoms with Crippen LogP contribution >= 0.6 is 0 Å². The molecule has 7 nitrogen and oxygen atoms in total.